The van der Waals surface area contributed by atoms with E-state index in [2.05, 4.69) is 46.8 Å². The zero-order valence-corrected chi connectivity index (χ0v) is 13.6. The van der Waals surface area contributed by atoms with Gasteiger partial charge >= 0.3 is 0 Å². The van der Waals surface area contributed by atoms with Gasteiger partial charge in [-0.1, -0.05) is 29.8 Å². The molecule has 2 heterocycles. The molecule has 4 nitrogen and oxygen atoms in total. The molecule has 1 aromatic carbocycles. The van der Waals surface area contributed by atoms with Crippen molar-refractivity contribution < 1.29 is 0 Å². The van der Waals surface area contributed by atoms with Gasteiger partial charge < -0.3 is 10.3 Å². The van der Waals surface area contributed by atoms with Crippen molar-refractivity contribution in [2.75, 3.05) is 0 Å². The molecule has 0 fully saturated rings. The van der Waals surface area contributed by atoms with E-state index >= 15 is 0 Å². The number of nitrogens with two attached hydrogens (primary N) is 1. The van der Waals surface area contributed by atoms with Crippen LogP contribution in [0, 0.1) is 13.8 Å². The van der Waals surface area contributed by atoms with E-state index in [4.69, 9.17) is 10.7 Å². The third kappa shape index (κ3) is 2.88. The molecule has 2 aromatic heterocycles. The van der Waals surface area contributed by atoms with Gasteiger partial charge in [0, 0.05) is 23.8 Å². The molecule has 0 unspecified atom stereocenters. The Morgan fingerprint density at radius 2 is 1.77 bits per heavy atom. The topological polar surface area (TPSA) is 56.7 Å². The lowest BCUT2D eigenvalue weighted by Crippen LogP contribution is -2.37. The molecule has 0 saturated carbocycles. The lowest BCUT2D eigenvalue weighted by Gasteiger charge is -2.21. The van der Waals surface area contributed by atoms with Crippen molar-refractivity contribution in [3.63, 3.8) is 0 Å². The molecule has 3 rings (SSSR count). The van der Waals surface area contributed by atoms with Crippen LogP contribution in [0.2, 0.25) is 0 Å². The standard InChI is InChI=1S/C18H22N4/c1-12-5-7-14(8-6-12)16-21-15-9-13(2)10-20-17(15)22(16)11-18(3,4)19/h5-10H,11,19H2,1-4H3. The normalized spacial score (nSPS) is 12.0. The van der Waals surface area contributed by atoms with E-state index in [9.17, 15) is 0 Å². The molecule has 0 spiro atoms. The Bertz CT molecular complexity index is 807. The van der Waals surface area contributed by atoms with Crippen LogP contribution < -0.4 is 5.73 Å². The number of pyridine rings is 1. The maximum atomic E-state index is 6.24. The van der Waals surface area contributed by atoms with Crippen LogP contribution in [0.25, 0.3) is 22.6 Å². The van der Waals surface area contributed by atoms with Crippen molar-refractivity contribution in [1.29, 1.82) is 0 Å². The lowest BCUT2D eigenvalue weighted by atomic mass is 10.1. The van der Waals surface area contributed by atoms with Crippen LogP contribution in [0.1, 0.15) is 25.0 Å². The number of rotatable bonds is 3. The summed E-state index contributed by atoms with van der Waals surface area (Å²) in [6.45, 7) is 8.82. The fraction of sp³-hybridized carbons (Fsp3) is 0.333. The molecular formula is C18H22N4. The number of benzene rings is 1. The zero-order valence-electron chi connectivity index (χ0n) is 13.6. The van der Waals surface area contributed by atoms with Gasteiger partial charge in [-0.15, -0.1) is 0 Å². The van der Waals surface area contributed by atoms with Crippen LogP contribution in [0.4, 0.5) is 0 Å². The second-order valence-electron chi connectivity index (χ2n) is 6.73. The largest absolute Gasteiger partial charge is 0.324 e. The maximum absolute atomic E-state index is 6.24. The van der Waals surface area contributed by atoms with Crippen molar-refractivity contribution in [3.05, 3.63) is 47.7 Å². The predicted molar refractivity (Wildman–Crippen MR) is 90.7 cm³/mol. The van der Waals surface area contributed by atoms with E-state index in [1.807, 2.05) is 27.0 Å². The second-order valence-corrected chi connectivity index (χ2v) is 6.73. The number of hydrogen-bond donors (Lipinski definition) is 1. The summed E-state index contributed by atoms with van der Waals surface area (Å²) in [7, 11) is 0. The molecule has 0 aliphatic heterocycles. The summed E-state index contributed by atoms with van der Waals surface area (Å²) in [6.07, 6.45) is 1.88. The highest BCUT2D eigenvalue weighted by Gasteiger charge is 2.19. The smallest absolute Gasteiger partial charge is 0.160 e. The zero-order chi connectivity index (χ0) is 15.9. The van der Waals surface area contributed by atoms with E-state index < -0.39 is 0 Å². The lowest BCUT2D eigenvalue weighted by molar-refractivity contribution is 0.441. The number of nitrogens with zero attached hydrogens (tertiary/aromatic N) is 3. The van der Waals surface area contributed by atoms with E-state index in [0.717, 1.165) is 28.1 Å². The SMILES string of the molecule is Cc1ccc(-c2nc3cc(C)cnc3n2CC(C)(C)N)cc1. The first-order chi connectivity index (χ1) is 10.3. The minimum absolute atomic E-state index is 0.334. The summed E-state index contributed by atoms with van der Waals surface area (Å²) in [4.78, 5) is 9.38. The Morgan fingerprint density at radius 1 is 1.09 bits per heavy atom. The van der Waals surface area contributed by atoms with E-state index in [-0.39, 0.29) is 5.54 Å². The van der Waals surface area contributed by atoms with Crippen LogP contribution in [0.5, 0.6) is 0 Å². The van der Waals surface area contributed by atoms with Gasteiger partial charge in [0.05, 0.1) is 0 Å². The number of aryl methyl sites for hydroxylation is 2. The Balaban J connectivity index is 2.23. The number of aromatic nitrogens is 3. The molecule has 2 N–H and O–H groups in total. The van der Waals surface area contributed by atoms with Crippen LogP contribution in [-0.4, -0.2) is 20.1 Å². The van der Waals surface area contributed by atoms with E-state index in [0.29, 0.717) is 6.54 Å². The summed E-state index contributed by atoms with van der Waals surface area (Å²) in [5.41, 5.74) is 11.1. The number of fused-ring (bicyclic) bond motifs is 1. The van der Waals surface area contributed by atoms with Crippen LogP contribution >= 0.6 is 0 Å². The average Bonchev–Trinajstić information content (AvgIpc) is 2.75. The highest BCUT2D eigenvalue weighted by atomic mass is 15.1. The molecule has 4 heteroatoms. The van der Waals surface area contributed by atoms with Gasteiger partial charge in [-0.3, -0.25) is 0 Å². The first-order valence-electron chi connectivity index (χ1n) is 7.52. The third-order valence-corrected chi connectivity index (χ3v) is 3.60. The average molecular weight is 294 g/mol. The van der Waals surface area contributed by atoms with E-state index in [1.165, 1.54) is 5.56 Å². The number of hydrogen-bond acceptors (Lipinski definition) is 3. The fourth-order valence-electron chi connectivity index (χ4n) is 2.59. The Hall–Kier alpha value is -2.20. The van der Waals surface area contributed by atoms with Crippen molar-refractivity contribution in [2.24, 2.45) is 5.73 Å². The first kappa shape index (κ1) is 14.7. The molecule has 0 aliphatic carbocycles. The van der Waals surface area contributed by atoms with Crippen LogP contribution in [0.15, 0.2) is 36.5 Å². The number of imidazole rings is 1. The summed E-state index contributed by atoms with van der Waals surface area (Å²) in [5, 5.41) is 0. The quantitative estimate of drug-likeness (QED) is 0.805. The van der Waals surface area contributed by atoms with Gasteiger partial charge in [-0.2, -0.15) is 0 Å². The summed E-state index contributed by atoms with van der Waals surface area (Å²) in [6, 6.07) is 10.5. The van der Waals surface area contributed by atoms with Gasteiger partial charge in [0.2, 0.25) is 0 Å². The van der Waals surface area contributed by atoms with Crippen LogP contribution in [-0.2, 0) is 6.54 Å². The Morgan fingerprint density at radius 3 is 2.41 bits per heavy atom. The highest BCUT2D eigenvalue weighted by molar-refractivity contribution is 5.77. The minimum atomic E-state index is -0.334. The Kier molecular flexibility index (Phi) is 3.49. The molecular weight excluding hydrogens is 272 g/mol. The Labute approximate surface area is 131 Å². The van der Waals surface area contributed by atoms with Gasteiger partial charge in [0.15, 0.2) is 5.65 Å². The third-order valence-electron chi connectivity index (χ3n) is 3.60. The molecule has 0 aliphatic rings. The maximum Gasteiger partial charge on any atom is 0.160 e. The fourth-order valence-corrected chi connectivity index (χ4v) is 2.59. The first-order valence-corrected chi connectivity index (χ1v) is 7.52. The van der Waals surface area contributed by atoms with Crippen LogP contribution in [0.3, 0.4) is 0 Å². The van der Waals surface area contributed by atoms with Gasteiger partial charge in [-0.05, 0) is 39.3 Å². The summed E-state index contributed by atoms with van der Waals surface area (Å²) in [5.74, 6) is 0.923. The minimum Gasteiger partial charge on any atom is -0.324 e. The molecule has 0 amide bonds. The van der Waals surface area contributed by atoms with Crippen molar-refractivity contribution >= 4 is 11.2 Å². The van der Waals surface area contributed by atoms with Gasteiger partial charge in [0.1, 0.15) is 11.3 Å². The molecule has 0 radical (unpaired) electrons. The molecule has 3 aromatic rings. The molecule has 0 atom stereocenters. The molecule has 0 saturated heterocycles. The summed E-state index contributed by atoms with van der Waals surface area (Å²) < 4.78 is 2.12. The second kappa shape index (κ2) is 5.21. The molecule has 114 valence electrons. The van der Waals surface area contributed by atoms with Crippen molar-refractivity contribution in [3.8, 4) is 11.4 Å². The van der Waals surface area contributed by atoms with Gasteiger partial charge in [0.25, 0.3) is 0 Å². The highest BCUT2D eigenvalue weighted by Crippen LogP contribution is 2.26. The van der Waals surface area contributed by atoms with E-state index in [1.54, 1.807) is 0 Å². The monoisotopic (exact) mass is 294 g/mol. The summed E-state index contributed by atoms with van der Waals surface area (Å²) >= 11 is 0. The molecule has 22 heavy (non-hydrogen) atoms. The predicted octanol–water partition coefficient (Wildman–Crippen LogP) is 3.45. The van der Waals surface area contributed by atoms with Crippen molar-refractivity contribution in [2.45, 2.75) is 39.8 Å². The van der Waals surface area contributed by atoms with Crippen molar-refractivity contribution in [1.82, 2.24) is 14.5 Å². The van der Waals surface area contributed by atoms with Gasteiger partial charge in [-0.25, -0.2) is 9.97 Å². The molecule has 0 bridgehead atoms.